The number of amides is 1. The molecule has 3 aliphatic rings. The summed E-state index contributed by atoms with van der Waals surface area (Å²) in [6.45, 7) is 3.07. The molecule has 1 aromatic rings. The van der Waals surface area contributed by atoms with Gasteiger partial charge < -0.3 is 29.4 Å². The van der Waals surface area contributed by atoms with Gasteiger partial charge in [0.2, 0.25) is 5.91 Å². The van der Waals surface area contributed by atoms with Crippen LogP contribution >= 0.6 is 11.6 Å². The predicted molar refractivity (Wildman–Crippen MR) is 129 cm³/mol. The van der Waals surface area contributed by atoms with Gasteiger partial charge in [0.25, 0.3) is 0 Å². The fraction of sp³-hybridized carbons (Fsp3) is 0.480. The maximum atomic E-state index is 13.0. The smallest absolute Gasteiger partial charge is 0.342 e. The number of halogens is 1. The number of hydrogen-bond acceptors (Lipinski definition) is 8. The van der Waals surface area contributed by atoms with Crippen LogP contribution < -0.4 is 0 Å². The molecule has 10 heteroatoms. The summed E-state index contributed by atoms with van der Waals surface area (Å²) in [4.78, 5) is 32.2. The number of carbonyl (C=O) groups excluding carboxylic acids is 2. The molecule has 4 rings (SSSR count). The summed E-state index contributed by atoms with van der Waals surface area (Å²) < 4.78 is 11.1. The summed E-state index contributed by atoms with van der Waals surface area (Å²) in [5, 5.41) is 24.7. The van der Waals surface area contributed by atoms with Gasteiger partial charge in [0.1, 0.15) is 35.9 Å². The number of hydrogen-bond donors (Lipinski definition) is 2. The summed E-state index contributed by atoms with van der Waals surface area (Å²) in [5.74, 6) is -1.47. The van der Waals surface area contributed by atoms with Crippen LogP contribution in [-0.4, -0.2) is 70.7 Å². The van der Waals surface area contributed by atoms with Crippen molar-refractivity contribution in [2.75, 3.05) is 19.7 Å². The van der Waals surface area contributed by atoms with Crippen LogP contribution in [0.25, 0.3) is 0 Å². The third-order valence-corrected chi connectivity index (χ3v) is 6.56. The Kier molecular flexibility index (Phi) is 7.97. The summed E-state index contributed by atoms with van der Waals surface area (Å²) in [7, 11) is 0. The summed E-state index contributed by atoms with van der Waals surface area (Å²) in [6.07, 6.45) is 9.51. The number of carbonyl (C=O) groups is 2. The lowest BCUT2D eigenvalue weighted by Crippen LogP contribution is -2.37. The number of piperidine rings is 1. The van der Waals surface area contributed by atoms with E-state index < -0.39 is 17.8 Å². The van der Waals surface area contributed by atoms with Crippen molar-refractivity contribution in [2.45, 2.75) is 57.3 Å². The van der Waals surface area contributed by atoms with E-state index in [1.54, 1.807) is 24.0 Å². The zero-order valence-corrected chi connectivity index (χ0v) is 20.2. The first-order chi connectivity index (χ1) is 16.8. The van der Waals surface area contributed by atoms with Crippen LogP contribution in [0.2, 0.25) is 5.02 Å². The molecule has 0 radical (unpaired) electrons. The van der Waals surface area contributed by atoms with Crippen molar-refractivity contribution in [3.8, 4) is 11.5 Å². The zero-order valence-electron chi connectivity index (χ0n) is 19.5. The number of aromatic hydroxyl groups is 2. The summed E-state index contributed by atoms with van der Waals surface area (Å²) >= 11 is 6.34. The lowest BCUT2D eigenvalue weighted by Gasteiger charge is -2.25. The van der Waals surface area contributed by atoms with E-state index in [4.69, 9.17) is 25.9 Å². The number of phenols is 2. The number of allylic oxidation sites excluding steroid dienone is 3. The van der Waals surface area contributed by atoms with E-state index in [-0.39, 0.29) is 53.0 Å². The van der Waals surface area contributed by atoms with Crippen molar-refractivity contribution in [3.05, 3.63) is 46.5 Å². The second-order valence-corrected chi connectivity index (χ2v) is 9.23. The van der Waals surface area contributed by atoms with Crippen molar-refractivity contribution < 1.29 is 34.1 Å². The number of epoxide rings is 1. The Morgan fingerprint density at radius 3 is 2.86 bits per heavy atom. The number of benzene rings is 1. The molecule has 35 heavy (non-hydrogen) atoms. The number of cyclic esters (lactones) is 1. The molecular formula is C25H29ClN2O7. The molecule has 0 bridgehead atoms. The molecule has 3 unspecified atom stereocenters. The van der Waals surface area contributed by atoms with Gasteiger partial charge in [-0.1, -0.05) is 35.0 Å². The van der Waals surface area contributed by atoms with E-state index in [2.05, 4.69) is 5.16 Å². The topological polar surface area (TPSA) is 121 Å². The third-order valence-electron chi connectivity index (χ3n) is 6.13. The summed E-state index contributed by atoms with van der Waals surface area (Å²) in [5.41, 5.74) is 0.417. The fourth-order valence-electron chi connectivity index (χ4n) is 4.23. The SMILES string of the molecule is CC1CC2OC2/C=C/C=C/C(=N\OCCN2CCCCC2=O)Cc2c(Cl)c(O)cc(O)c2C(=O)O1. The normalized spacial score (nSPS) is 27.9. The Hall–Kier alpha value is -3.04. The van der Waals surface area contributed by atoms with Gasteiger partial charge in [-0.05, 0) is 31.4 Å². The second kappa shape index (κ2) is 11.1. The average Bonchev–Trinajstić information content (AvgIpc) is 3.54. The molecule has 2 saturated heterocycles. The number of ether oxygens (including phenoxy) is 2. The maximum Gasteiger partial charge on any atom is 0.342 e. The molecule has 0 aromatic heterocycles. The number of phenolic OH excluding ortho intramolecular Hbond substituents is 2. The van der Waals surface area contributed by atoms with Gasteiger partial charge in [-0.15, -0.1) is 0 Å². The Labute approximate surface area is 208 Å². The highest BCUT2D eigenvalue weighted by molar-refractivity contribution is 6.33. The average molecular weight is 505 g/mol. The van der Waals surface area contributed by atoms with Crippen molar-refractivity contribution >= 4 is 29.2 Å². The van der Waals surface area contributed by atoms with Crippen molar-refractivity contribution in [2.24, 2.45) is 5.16 Å². The molecule has 3 aliphatic heterocycles. The van der Waals surface area contributed by atoms with Crippen molar-refractivity contribution in [3.63, 3.8) is 0 Å². The van der Waals surface area contributed by atoms with Crippen LogP contribution in [0.15, 0.2) is 35.5 Å². The van der Waals surface area contributed by atoms with Crippen LogP contribution in [0.3, 0.4) is 0 Å². The van der Waals surface area contributed by atoms with Crippen LogP contribution in [-0.2, 0) is 25.5 Å². The van der Waals surface area contributed by atoms with E-state index in [1.165, 1.54) is 0 Å². The first-order valence-corrected chi connectivity index (χ1v) is 12.1. The van der Waals surface area contributed by atoms with Gasteiger partial charge >= 0.3 is 5.97 Å². The quantitative estimate of drug-likeness (QED) is 0.278. The molecule has 0 spiro atoms. The molecule has 0 aliphatic carbocycles. The van der Waals surface area contributed by atoms with E-state index in [0.29, 0.717) is 31.6 Å². The van der Waals surface area contributed by atoms with Crippen LogP contribution in [0, 0.1) is 0 Å². The third kappa shape index (κ3) is 6.35. The number of oxime groups is 1. The predicted octanol–water partition coefficient (Wildman–Crippen LogP) is 3.51. The largest absolute Gasteiger partial charge is 0.507 e. The minimum Gasteiger partial charge on any atom is -0.507 e. The molecule has 188 valence electrons. The highest BCUT2D eigenvalue weighted by Gasteiger charge is 2.38. The highest BCUT2D eigenvalue weighted by atomic mass is 35.5. The van der Waals surface area contributed by atoms with Gasteiger partial charge in [-0.3, -0.25) is 4.79 Å². The van der Waals surface area contributed by atoms with Gasteiger partial charge in [-0.2, -0.15) is 0 Å². The molecule has 3 atom stereocenters. The fourth-order valence-corrected chi connectivity index (χ4v) is 4.45. The van der Waals surface area contributed by atoms with E-state index in [9.17, 15) is 19.8 Å². The van der Waals surface area contributed by atoms with Crippen LogP contribution in [0.1, 0.15) is 48.5 Å². The van der Waals surface area contributed by atoms with Crippen molar-refractivity contribution in [1.82, 2.24) is 4.90 Å². The first-order valence-electron chi connectivity index (χ1n) is 11.7. The Morgan fingerprint density at radius 2 is 2.06 bits per heavy atom. The standard InChI is InChI=1S/C25H29ClN2O7/c1-15-12-21-20(35-21)7-3-2-6-16(27-33-11-10-28-9-5-4-8-22(28)31)13-17-23(25(32)34-15)18(29)14-19(30)24(17)26/h2-3,6-7,14-15,20-21,29-30H,4-5,8-13H2,1H3/b6-2+,7-3+,27-16+. The summed E-state index contributed by atoms with van der Waals surface area (Å²) in [6, 6.07) is 1.01. The molecule has 2 fully saturated rings. The molecule has 1 amide bonds. The number of fused-ring (bicyclic) bond motifs is 2. The number of rotatable bonds is 4. The van der Waals surface area contributed by atoms with E-state index >= 15 is 0 Å². The lowest BCUT2D eigenvalue weighted by atomic mass is 9.99. The Morgan fingerprint density at radius 1 is 1.23 bits per heavy atom. The zero-order chi connectivity index (χ0) is 24.9. The molecule has 1 aromatic carbocycles. The van der Waals surface area contributed by atoms with Gasteiger partial charge in [0, 0.05) is 31.9 Å². The Balaban J connectivity index is 1.59. The Bertz CT molecular complexity index is 1070. The van der Waals surface area contributed by atoms with Gasteiger partial charge in [-0.25, -0.2) is 4.79 Å². The maximum absolute atomic E-state index is 13.0. The highest BCUT2D eigenvalue weighted by Crippen LogP contribution is 2.38. The monoisotopic (exact) mass is 504 g/mol. The number of nitrogens with zero attached hydrogens (tertiary/aromatic N) is 2. The molecule has 0 saturated carbocycles. The van der Waals surface area contributed by atoms with Gasteiger partial charge in [0.15, 0.2) is 0 Å². The minimum atomic E-state index is -0.760. The van der Waals surface area contributed by atoms with E-state index in [0.717, 1.165) is 18.9 Å². The number of esters is 1. The molecule has 9 nitrogen and oxygen atoms in total. The van der Waals surface area contributed by atoms with E-state index in [1.807, 2.05) is 12.2 Å². The number of likely N-dealkylation sites (tertiary alicyclic amines) is 1. The second-order valence-electron chi connectivity index (χ2n) is 8.85. The molecule has 2 N–H and O–H groups in total. The van der Waals surface area contributed by atoms with Crippen LogP contribution in [0.5, 0.6) is 11.5 Å². The lowest BCUT2D eigenvalue weighted by molar-refractivity contribution is -0.134. The van der Waals surface area contributed by atoms with Gasteiger partial charge in [0.05, 0.1) is 23.4 Å². The molecule has 3 heterocycles. The first kappa shape index (κ1) is 25.1. The molecular weight excluding hydrogens is 476 g/mol. The van der Waals surface area contributed by atoms with Crippen molar-refractivity contribution in [1.29, 1.82) is 0 Å². The minimum absolute atomic E-state index is 0.0187. The van der Waals surface area contributed by atoms with Crippen LogP contribution in [0.4, 0.5) is 0 Å².